The third kappa shape index (κ3) is 7.49. The van der Waals surface area contributed by atoms with Crippen molar-refractivity contribution in [2.24, 2.45) is 47.3 Å². The Morgan fingerprint density at radius 1 is 0.250 bits per heavy atom. The lowest BCUT2D eigenvalue weighted by Gasteiger charge is -2.05. The molecule has 9 aliphatic rings. The molecule has 0 heterocycles. The molecule has 0 N–H and O–H groups in total. The van der Waals surface area contributed by atoms with Gasteiger partial charge in [0.15, 0.2) is 0 Å². The van der Waals surface area contributed by atoms with Crippen LogP contribution in [0.3, 0.4) is 0 Å². The summed E-state index contributed by atoms with van der Waals surface area (Å²) in [5.41, 5.74) is 0. The minimum Gasteiger partial charge on any atom is -0.0683 e. The monoisotopic (exact) mass is 340 g/mol. The summed E-state index contributed by atoms with van der Waals surface area (Å²) < 4.78 is 0. The highest BCUT2D eigenvalue weighted by atomic mass is 15.0. The molecule has 0 spiro atoms. The van der Waals surface area contributed by atoms with Gasteiger partial charge in [0.25, 0.3) is 0 Å². The lowest BCUT2D eigenvalue weighted by molar-refractivity contribution is 0.504. The van der Waals surface area contributed by atoms with Gasteiger partial charge in [0.1, 0.15) is 0 Å². The van der Waals surface area contributed by atoms with Crippen molar-refractivity contribution in [1.29, 1.82) is 0 Å². The fourth-order valence-corrected chi connectivity index (χ4v) is 2.46. The van der Waals surface area contributed by atoms with E-state index in [0.29, 0.717) is 0 Å². The summed E-state index contributed by atoms with van der Waals surface area (Å²) in [6.07, 6.45) is 6.00. The van der Waals surface area contributed by atoms with Crippen LogP contribution in [0.4, 0.5) is 0 Å². The third-order valence-electron chi connectivity index (χ3n) is 5.21. The highest BCUT2D eigenvalue weighted by Crippen LogP contribution is 3.00. The summed E-state index contributed by atoms with van der Waals surface area (Å²) in [7, 11) is 0. The Kier molecular flexibility index (Phi) is 15.5. The summed E-state index contributed by atoms with van der Waals surface area (Å²) in [5.74, 6) is 10.7. The molecule has 0 radical (unpaired) electrons. The van der Waals surface area contributed by atoms with Crippen molar-refractivity contribution in [2.45, 2.75) is 109 Å². The zero-order valence-corrected chi connectivity index (χ0v) is 19.4. The first-order valence-electron chi connectivity index (χ1n) is 12.0. The largest absolute Gasteiger partial charge is 0.0683 e. The molecule has 0 aliphatic heterocycles. The Morgan fingerprint density at radius 2 is 0.333 bits per heavy atom. The highest BCUT2D eigenvalue weighted by Gasteiger charge is 2.97. The van der Waals surface area contributed by atoms with E-state index < -0.39 is 0 Å². The van der Waals surface area contributed by atoms with E-state index in [-0.39, 0.29) is 0 Å². The van der Waals surface area contributed by atoms with Gasteiger partial charge >= 0.3 is 0 Å². The Labute approximate surface area is 156 Å². The summed E-state index contributed by atoms with van der Waals surface area (Å²) in [4.78, 5) is 0. The van der Waals surface area contributed by atoms with E-state index in [9.17, 15) is 0 Å². The van der Waals surface area contributed by atoms with E-state index >= 15 is 0 Å². The lowest BCUT2D eigenvalue weighted by Crippen LogP contribution is -1.85. The molecule has 0 unspecified atom stereocenters. The molecule has 0 bridgehead atoms. The molecule has 9 fully saturated rings. The molecular formula is C24H52. The van der Waals surface area contributed by atoms with Crippen molar-refractivity contribution in [1.82, 2.24) is 0 Å². The summed E-state index contributed by atoms with van der Waals surface area (Å²) in [5, 5.41) is 0. The zero-order valence-electron chi connectivity index (χ0n) is 19.4. The summed E-state index contributed by atoms with van der Waals surface area (Å²) in [6, 6.07) is 0. The van der Waals surface area contributed by atoms with Gasteiger partial charge in [0.2, 0.25) is 0 Å². The first-order chi connectivity index (χ1) is 12.0. The van der Waals surface area contributed by atoms with Gasteiger partial charge in [-0.3, -0.25) is 0 Å². The normalized spacial score (nSPS) is 41.5. The van der Waals surface area contributed by atoms with Gasteiger partial charge in [0, 0.05) is 0 Å². The fourth-order valence-electron chi connectivity index (χ4n) is 2.46. The second-order valence-corrected chi connectivity index (χ2v) is 6.03. The van der Waals surface area contributed by atoms with Crippen LogP contribution in [0.15, 0.2) is 0 Å². The van der Waals surface area contributed by atoms with Gasteiger partial charge in [-0.1, -0.05) is 109 Å². The lowest BCUT2D eigenvalue weighted by atomic mass is 10.0. The van der Waals surface area contributed by atoms with E-state index in [1.165, 1.54) is 73.0 Å². The SMILES string of the molecule is C12C3C1C23.C12C3C1C23.C1CCC1.CC.CC.CC.CC.CC.CC. The second-order valence-electron chi connectivity index (χ2n) is 6.03. The molecule has 0 aromatic rings. The predicted octanol–water partition coefficient (Wildman–Crippen LogP) is 8.70. The van der Waals surface area contributed by atoms with Gasteiger partial charge in [-0.2, -0.15) is 0 Å². The maximum Gasteiger partial charge on any atom is -0.0312 e. The van der Waals surface area contributed by atoms with Gasteiger partial charge in [0.05, 0.1) is 0 Å². The molecule has 9 saturated carbocycles. The maximum atomic E-state index is 2.00. The average molecular weight is 341 g/mol. The number of hydrogen-bond donors (Lipinski definition) is 0. The molecule has 148 valence electrons. The van der Waals surface area contributed by atoms with Crippen LogP contribution in [0.2, 0.25) is 0 Å². The standard InChI is InChI=1S/2C4H4.C4H8.6C2H6/c2*1-2-3(1)4(1)2;1-2-4-3-1;6*1-2/h2*1-4H;1-4H2;6*1-2H3. The Morgan fingerprint density at radius 3 is 0.333 bits per heavy atom. The molecule has 0 aromatic carbocycles. The minimum atomic E-state index is 1.33. The van der Waals surface area contributed by atoms with Gasteiger partial charge in [-0.15, -0.1) is 0 Å². The van der Waals surface area contributed by atoms with Crippen LogP contribution in [0.1, 0.15) is 109 Å². The highest BCUT2D eigenvalue weighted by molar-refractivity contribution is 5.44. The van der Waals surface area contributed by atoms with Gasteiger partial charge < -0.3 is 0 Å². The molecule has 0 heteroatoms. The van der Waals surface area contributed by atoms with E-state index in [4.69, 9.17) is 0 Å². The number of hydrogen-bond acceptors (Lipinski definition) is 0. The topological polar surface area (TPSA) is 0 Å². The van der Waals surface area contributed by atoms with Gasteiger partial charge in [-0.25, -0.2) is 0 Å². The van der Waals surface area contributed by atoms with E-state index in [2.05, 4.69) is 0 Å². The van der Waals surface area contributed by atoms with Crippen LogP contribution in [-0.2, 0) is 0 Å². The summed E-state index contributed by atoms with van der Waals surface area (Å²) in [6.45, 7) is 24.0. The molecule has 0 amide bonds. The van der Waals surface area contributed by atoms with Crippen LogP contribution in [-0.4, -0.2) is 0 Å². The smallest absolute Gasteiger partial charge is 0.0312 e. The Hall–Kier alpha value is 0. The van der Waals surface area contributed by atoms with Crippen LogP contribution in [0.25, 0.3) is 0 Å². The van der Waals surface area contributed by atoms with Gasteiger partial charge in [-0.05, 0) is 47.3 Å². The second kappa shape index (κ2) is 14.2. The van der Waals surface area contributed by atoms with Crippen molar-refractivity contribution in [3.63, 3.8) is 0 Å². The molecule has 24 heavy (non-hydrogen) atoms. The fraction of sp³-hybridized carbons (Fsp3) is 1.00. The predicted molar refractivity (Wildman–Crippen MR) is 114 cm³/mol. The van der Waals surface area contributed by atoms with Crippen LogP contribution < -0.4 is 0 Å². The van der Waals surface area contributed by atoms with Crippen molar-refractivity contribution >= 4 is 0 Å². The molecule has 9 aliphatic carbocycles. The summed E-state index contributed by atoms with van der Waals surface area (Å²) >= 11 is 0. The first-order valence-corrected chi connectivity index (χ1v) is 12.0. The van der Waals surface area contributed by atoms with Crippen LogP contribution in [0.5, 0.6) is 0 Å². The molecule has 9 rings (SSSR count). The Balaban J connectivity index is 0. The molecule has 0 saturated heterocycles. The van der Waals surface area contributed by atoms with Crippen molar-refractivity contribution in [2.75, 3.05) is 0 Å². The minimum absolute atomic E-state index is 1.33. The molecule has 0 aromatic heterocycles. The van der Waals surface area contributed by atoms with Crippen molar-refractivity contribution in [3.05, 3.63) is 0 Å². The van der Waals surface area contributed by atoms with Crippen LogP contribution >= 0.6 is 0 Å². The zero-order chi connectivity index (χ0) is 19.4. The molecule has 0 atom stereocenters. The van der Waals surface area contributed by atoms with E-state index in [0.717, 1.165) is 0 Å². The average Bonchev–Trinajstić information content (AvgIpc) is 3.47. The van der Waals surface area contributed by atoms with Crippen molar-refractivity contribution in [3.8, 4) is 0 Å². The quantitative estimate of drug-likeness (QED) is 0.413. The third-order valence-corrected chi connectivity index (χ3v) is 5.21. The maximum absolute atomic E-state index is 2.00. The van der Waals surface area contributed by atoms with Crippen LogP contribution in [0, 0.1) is 47.3 Å². The Bertz CT molecular complexity index is 151. The molecular weight excluding hydrogens is 288 g/mol. The van der Waals surface area contributed by atoms with E-state index in [1.54, 1.807) is 0 Å². The first kappa shape index (κ1) is 26.2. The molecule has 0 nitrogen and oxygen atoms in total. The van der Waals surface area contributed by atoms with E-state index in [1.807, 2.05) is 83.1 Å². The number of rotatable bonds is 0. The van der Waals surface area contributed by atoms with Crippen molar-refractivity contribution < 1.29 is 0 Å².